The molecule has 7 atom stereocenters. The topological polar surface area (TPSA) is 223 Å². The van der Waals surface area contributed by atoms with Gasteiger partial charge in [0, 0.05) is 46.4 Å². The largest absolute Gasteiger partial charge is 0.472 e. The summed E-state index contributed by atoms with van der Waals surface area (Å²) in [7, 11) is -8.38. The van der Waals surface area contributed by atoms with E-state index in [1.807, 2.05) is 0 Å². The Hall–Kier alpha value is -4.59. The normalized spacial score (nSPS) is 23.2. The molecule has 4 heterocycles. The van der Waals surface area contributed by atoms with E-state index in [9.17, 15) is 33.7 Å². The fourth-order valence-electron chi connectivity index (χ4n) is 9.47. The lowest BCUT2D eigenvalue weighted by molar-refractivity contribution is -0.0601. The second-order valence-corrected chi connectivity index (χ2v) is 25.2. The predicted octanol–water partition coefficient (Wildman–Crippen LogP) is 6.31. The van der Waals surface area contributed by atoms with E-state index >= 15 is 0 Å². The van der Waals surface area contributed by atoms with E-state index < -0.39 is 92.4 Å². The molecule has 2 aliphatic heterocycles. The number of hydrogen-bond acceptors (Lipinski definition) is 12. The monoisotopic (exact) mass is 918 g/mol. The zero-order valence-electron chi connectivity index (χ0n) is 37.1. The number of phosphoric ester groups is 1. The lowest BCUT2D eigenvalue weighted by Gasteiger charge is -2.49. The minimum Gasteiger partial charge on any atom is -0.391 e. The molecule has 342 valence electrons. The number of benzene rings is 4. The van der Waals surface area contributed by atoms with Crippen LogP contribution in [0.2, 0.25) is 10.1 Å². The molecule has 64 heavy (non-hydrogen) atoms. The molecule has 2 aromatic heterocycles. The zero-order valence-corrected chi connectivity index (χ0v) is 39.0. The molecule has 1 unspecified atom stereocenters. The fraction of sp³-hybridized carbons (Fsp3) is 0.467. The van der Waals surface area contributed by atoms with Crippen LogP contribution in [0.25, 0.3) is 32.3 Å². The Morgan fingerprint density at radius 2 is 1.27 bits per heavy atom. The molecular weight excluding hydrogens is 864 g/mol. The molecule has 0 spiro atoms. The zero-order chi connectivity index (χ0) is 46.1. The molecule has 0 bridgehead atoms. The molecular formula is C45H55N4O13PSi. The number of ether oxygens (including phenoxy) is 2. The van der Waals surface area contributed by atoms with Crippen LogP contribution in [0.15, 0.2) is 86.2 Å². The molecule has 2 fully saturated rings. The van der Waals surface area contributed by atoms with Crippen molar-refractivity contribution < 1.29 is 41.9 Å². The van der Waals surface area contributed by atoms with Gasteiger partial charge in [0.05, 0.1) is 25.9 Å². The standard InChI is InChI=1S/C45H55N4O13PSi/c1-25-20-48(42(53)46-40(25)51)36-18-32(50)34(60-36)23-57-63(55,56)62-33-19-37(49-21-26(2)41(52)47-43(49)54)61-35(33)24-59-64(44(3,4)5,45(6,7)8)58-22-30-15-14-29-13-12-27-10-9-11-28-16-17-31(30)39(29)38(27)28/h9-17,20-21,32-37,50H,18-19,22-24H2,1-8H3,(H,55,56)(H,46,51,53)(H,47,52,54)/t32-,33-,34+,35+,36+,37+/m0/s1. The van der Waals surface area contributed by atoms with Gasteiger partial charge in [-0.25, -0.2) is 14.2 Å². The van der Waals surface area contributed by atoms with E-state index in [1.54, 1.807) is 0 Å². The Labute approximate surface area is 369 Å². The average Bonchev–Trinajstić information content (AvgIpc) is 3.79. The number of phosphoric acid groups is 1. The van der Waals surface area contributed by atoms with Crippen molar-refractivity contribution >= 4 is 48.7 Å². The third kappa shape index (κ3) is 8.64. The van der Waals surface area contributed by atoms with Crippen LogP contribution < -0.4 is 22.5 Å². The maximum absolute atomic E-state index is 13.7. The Balaban J connectivity index is 1.05. The van der Waals surface area contributed by atoms with Gasteiger partial charge in [-0.15, -0.1) is 0 Å². The van der Waals surface area contributed by atoms with Gasteiger partial charge in [0.15, 0.2) is 0 Å². The Morgan fingerprint density at radius 1 is 0.734 bits per heavy atom. The molecule has 19 heteroatoms. The van der Waals surface area contributed by atoms with Crippen molar-refractivity contribution in [1.82, 2.24) is 19.1 Å². The smallest absolute Gasteiger partial charge is 0.391 e. The quantitative estimate of drug-likeness (QED) is 0.0567. The number of hydrogen-bond donors (Lipinski definition) is 4. The maximum atomic E-state index is 13.7. The van der Waals surface area contributed by atoms with Gasteiger partial charge in [-0.2, -0.15) is 0 Å². The van der Waals surface area contributed by atoms with Gasteiger partial charge in [0.2, 0.25) is 0 Å². The first kappa shape index (κ1) is 46.0. The van der Waals surface area contributed by atoms with Crippen molar-refractivity contribution in [1.29, 1.82) is 0 Å². The summed E-state index contributed by atoms with van der Waals surface area (Å²) in [4.78, 5) is 65.4. The van der Waals surface area contributed by atoms with Gasteiger partial charge < -0.3 is 28.3 Å². The summed E-state index contributed by atoms with van der Waals surface area (Å²) in [5.74, 6) is 0. The number of aryl methyl sites for hydroxylation is 2. The number of aliphatic hydroxyl groups excluding tert-OH is 1. The van der Waals surface area contributed by atoms with E-state index in [0.717, 1.165) is 31.7 Å². The van der Waals surface area contributed by atoms with Crippen molar-refractivity contribution in [3.05, 3.63) is 125 Å². The maximum Gasteiger partial charge on any atom is 0.472 e. The number of nitrogens with one attached hydrogen (secondary N) is 2. The van der Waals surface area contributed by atoms with E-state index in [2.05, 4.69) is 106 Å². The summed E-state index contributed by atoms with van der Waals surface area (Å²) in [5, 5.41) is 16.6. The number of aromatic nitrogens is 4. The molecule has 2 aliphatic rings. The average molecular weight is 919 g/mol. The summed E-state index contributed by atoms with van der Waals surface area (Å²) in [5.41, 5.74) is -1.11. The summed E-state index contributed by atoms with van der Waals surface area (Å²) < 4.78 is 53.8. The molecule has 6 aromatic rings. The Morgan fingerprint density at radius 3 is 1.86 bits per heavy atom. The van der Waals surface area contributed by atoms with Crippen molar-refractivity contribution in [2.75, 3.05) is 13.2 Å². The lowest BCUT2D eigenvalue weighted by atomic mass is 9.92. The van der Waals surface area contributed by atoms with Crippen LogP contribution >= 0.6 is 7.82 Å². The molecule has 4 aromatic carbocycles. The summed E-state index contributed by atoms with van der Waals surface area (Å²) in [6.45, 7) is 14.9. The van der Waals surface area contributed by atoms with Crippen LogP contribution in [0.5, 0.6) is 0 Å². The first-order chi connectivity index (χ1) is 30.1. The number of aromatic amines is 2. The number of aliphatic hydroxyl groups is 1. The molecule has 8 rings (SSSR count). The van der Waals surface area contributed by atoms with Gasteiger partial charge in [-0.3, -0.25) is 37.7 Å². The van der Waals surface area contributed by atoms with Crippen LogP contribution in [0.4, 0.5) is 0 Å². The lowest BCUT2D eigenvalue weighted by Crippen LogP contribution is -2.58. The van der Waals surface area contributed by atoms with E-state index in [4.69, 9.17) is 27.4 Å². The van der Waals surface area contributed by atoms with Crippen LogP contribution in [0, 0.1) is 13.8 Å². The highest BCUT2D eigenvalue weighted by Gasteiger charge is 2.59. The molecule has 0 amide bonds. The van der Waals surface area contributed by atoms with Crippen molar-refractivity contribution in [2.24, 2.45) is 0 Å². The van der Waals surface area contributed by atoms with Gasteiger partial charge in [-0.05, 0) is 51.7 Å². The SMILES string of the molecule is Cc1cn([C@H]2C[C@H](OP(=O)(O)OC[C@H]3O[C@@H](n4cc(C)c(=O)[nH]c4=O)C[C@@H]3O)[C@@H](CO[Si](OCc3ccc4ccc5cccc6ccc3c4c56)(C(C)(C)C)C(C)(C)C)O2)c(=O)[nH]c1=O. The first-order valence-electron chi connectivity index (χ1n) is 21.3. The number of H-pyrrole nitrogens is 2. The van der Waals surface area contributed by atoms with Gasteiger partial charge in [-0.1, -0.05) is 96.1 Å². The van der Waals surface area contributed by atoms with E-state index in [0.29, 0.717) is 0 Å². The minimum atomic E-state index is -4.96. The predicted molar refractivity (Wildman–Crippen MR) is 242 cm³/mol. The van der Waals surface area contributed by atoms with Gasteiger partial charge in [0.1, 0.15) is 30.8 Å². The van der Waals surface area contributed by atoms with Crippen LogP contribution in [-0.4, -0.2) is 75.3 Å². The van der Waals surface area contributed by atoms with Crippen molar-refractivity contribution in [2.45, 2.75) is 122 Å². The van der Waals surface area contributed by atoms with E-state index in [1.165, 1.54) is 41.6 Å². The van der Waals surface area contributed by atoms with Gasteiger partial charge >= 0.3 is 27.8 Å². The minimum absolute atomic E-state index is 0.0626. The van der Waals surface area contributed by atoms with E-state index in [-0.39, 0.29) is 37.2 Å². The second kappa shape index (κ2) is 17.0. The van der Waals surface area contributed by atoms with Crippen LogP contribution in [0.1, 0.15) is 83.5 Å². The number of rotatable bonds is 13. The third-order valence-electron chi connectivity index (χ3n) is 12.4. The van der Waals surface area contributed by atoms with Crippen molar-refractivity contribution in [3.8, 4) is 0 Å². The Kier molecular flexibility index (Phi) is 12.2. The number of nitrogens with zero attached hydrogens (tertiary/aromatic N) is 2. The van der Waals surface area contributed by atoms with Gasteiger partial charge in [0.25, 0.3) is 11.1 Å². The molecule has 4 N–H and O–H groups in total. The third-order valence-corrected chi connectivity index (χ3v) is 18.5. The van der Waals surface area contributed by atoms with Crippen LogP contribution in [0.3, 0.4) is 0 Å². The summed E-state index contributed by atoms with van der Waals surface area (Å²) in [6.07, 6.45) is -4.11. The highest BCUT2D eigenvalue weighted by molar-refractivity contribution is 7.47. The second-order valence-electron chi connectivity index (χ2n) is 19.0. The summed E-state index contributed by atoms with van der Waals surface area (Å²) in [6, 6.07) is 19.0. The molecule has 17 nitrogen and oxygen atoms in total. The van der Waals surface area contributed by atoms with Crippen molar-refractivity contribution in [3.63, 3.8) is 0 Å². The highest BCUT2D eigenvalue weighted by atomic mass is 31.2. The molecule has 0 aliphatic carbocycles. The molecule has 0 saturated carbocycles. The fourth-order valence-corrected chi connectivity index (χ4v) is 15.3. The Bertz CT molecular complexity index is 2980. The van der Waals surface area contributed by atoms with Crippen LogP contribution in [-0.2, 0) is 38.5 Å². The molecule has 2 saturated heterocycles. The summed E-state index contributed by atoms with van der Waals surface area (Å²) >= 11 is 0. The highest BCUT2D eigenvalue weighted by Crippen LogP contribution is 2.54. The molecule has 0 radical (unpaired) electrons. The first-order valence-corrected chi connectivity index (χ1v) is 24.6.